The first-order valence-corrected chi connectivity index (χ1v) is 10.1. The minimum Gasteiger partial charge on any atom is -0.472 e. The van der Waals surface area contributed by atoms with Crippen molar-refractivity contribution in [3.05, 3.63) is 72.2 Å². The van der Waals surface area contributed by atoms with Crippen molar-refractivity contribution >= 4 is 12.0 Å². The highest BCUT2D eigenvalue weighted by molar-refractivity contribution is 5.98. The highest BCUT2D eigenvalue weighted by Gasteiger charge is 2.32. The molecule has 0 saturated carbocycles. The molecular weight excluding hydrogens is 392 g/mol. The van der Waals surface area contributed by atoms with Gasteiger partial charge in [-0.15, -0.1) is 0 Å². The van der Waals surface area contributed by atoms with E-state index >= 15 is 0 Å². The van der Waals surface area contributed by atoms with Crippen molar-refractivity contribution in [2.24, 2.45) is 0 Å². The number of carbonyl (C=O) groups is 1. The van der Waals surface area contributed by atoms with Gasteiger partial charge in [0.05, 0.1) is 41.3 Å². The van der Waals surface area contributed by atoms with Crippen LogP contribution in [0.15, 0.2) is 55.5 Å². The van der Waals surface area contributed by atoms with E-state index in [1.165, 1.54) is 4.80 Å². The summed E-state index contributed by atoms with van der Waals surface area (Å²) in [6.45, 7) is 6.22. The second-order valence-electron chi connectivity index (χ2n) is 7.35. The van der Waals surface area contributed by atoms with Gasteiger partial charge < -0.3 is 9.64 Å². The lowest BCUT2D eigenvalue weighted by molar-refractivity contribution is 0.0372. The Morgan fingerprint density at radius 3 is 2.74 bits per heavy atom. The summed E-state index contributed by atoms with van der Waals surface area (Å²) < 4.78 is 6.13. The standard InChI is InChI=1S/C23H22N6O2/c1-3-19-17(14-24)10-11-25-22(19)31-18-9-8-16(2)28(15-18)23(30)20-6-4-5-7-21(20)29-26-12-13-27-29/h3-7,10-13,16,18H,1,8-9,15H2,2H3. The summed E-state index contributed by atoms with van der Waals surface area (Å²) >= 11 is 0. The zero-order chi connectivity index (χ0) is 21.8. The Balaban J connectivity index is 1.58. The molecule has 1 fully saturated rings. The highest BCUT2D eigenvalue weighted by atomic mass is 16.5. The molecule has 1 aliphatic rings. The van der Waals surface area contributed by atoms with Crippen LogP contribution in [0.4, 0.5) is 0 Å². The normalized spacial score (nSPS) is 18.3. The summed E-state index contributed by atoms with van der Waals surface area (Å²) in [5, 5.41) is 17.6. The molecule has 2 aromatic heterocycles. The molecule has 2 atom stereocenters. The van der Waals surface area contributed by atoms with Gasteiger partial charge in [-0.25, -0.2) is 4.98 Å². The lowest BCUT2D eigenvalue weighted by Gasteiger charge is -2.38. The predicted octanol–water partition coefficient (Wildman–Crippen LogP) is 3.25. The zero-order valence-corrected chi connectivity index (χ0v) is 17.2. The maximum Gasteiger partial charge on any atom is 0.256 e. The predicted molar refractivity (Wildman–Crippen MR) is 115 cm³/mol. The molecule has 1 aliphatic heterocycles. The Kier molecular flexibility index (Phi) is 5.76. The maximum atomic E-state index is 13.5. The van der Waals surface area contributed by atoms with E-state index in [4.69, 9.17) is 4.74 Å². The maximum absolute atomic E-state index is 13.5. The number of pyridine rings is 1. The van der Waals surface area contributed by atoms with Crippen LogP contribution in [0.5, 0.6) is 5.88 Å². The average molecular weight is 414 g/mol. The van der Waals surface area contributed by atoms with Crippen LogP contribution in [-0.2, 0) is 0 Å². The lowest BCUT2D eigenvalue weighted by Crippen LogP contribution is -2.49. The Morgan fingerprint density at radius 2 is 2.00 bits per heavy atom. The third-order valence-corrected chi connectivity index (χ3v) is 5.42. The monoisotopic (exact) mass is 414 g/mol. The third-order valence-electron chi connectivity index (χ3n) is 5.42. The molecule has 0 spiro atoms. The van der Waals surface area contributed by atoms with E-state index < -0.39 is 0 Å². The molecule has 31 heavy (non-hydrogen) atoms. The van der Waals surface area contributed by atoms with Crippen molar-refractivity contribution in [1.82, 2.24) is 24.9 Å². The van der Waals surface area contributed by atoms with Gasteiger partial charge in [-0.05, 0) is 38.0 Å². The fourth-order valence-electron chi connectivity index (χ4n) is 3.78. The van der Waals surface area contributed by atoms with Crippen LogP contribution in [-0.4, -0.2) is 49.5 Å². The number of amides is 1. The number of carbonyl (C=O) groups excluding carboxylic acids is 1. The smallest absolute Gasteiger partial charge is 0.256 e. The number of benzene rings is 1. The molecule has 0 aliphatic carbocycles. The van der Waals surface area contributed by atoms with Crippen molar-refractivity contribution in [3.8, 4) is 17.6 Å². The molecule has 0 N–H and O–H groups in total. The summed E-state index contributed by atoms with van der Waals surface area (Å²) in [6.07, 6.45) is 7.60. The molecule has 1 amide bonds. The van der Waals surface area contributed by atoms with Gasteiger partial charge in [0.15, 0.2) is 0 Å². The number of piperidine rings is 1. The van der Waals surface area contributed by atoms with E-state index in [9.17, 15) is 10.1 Å². The Labute approximate surface area is 180 Å². The largest absolute Gasteiger partial charge is 0.472 e. The molecule has 3 heterocycles. The molecule has 8 nitrogen and oxygen atoms in total. The SMILES string of the molecule is C=Cc1c(C#N)ccnc1OC1CCC(C)N(C(=O)c2ccccc2-n2nccn2)C1. The van der Waals surface area contributed by atoms with Crippen molar-refractivity contribution in [2.75, 3.05) is 6.54 Å². The quantitative estimate of drug-likeness (QED) is 0.636. The fraction of sp³-hybridized carbons (Fsp3) is 0.261. The number of nitrogens with zero attached hydrogens (tertiary/aromatic N) is 6. The van der Waals surface area contributed by atoms with E-state index in [-0.39, 0.29) is 18.1 Å². The molecule has 4 rings (SSSR count). The number of nitriles is 1. The Bertz CT molecular complexity index is 1140. The van der Waals surface area contributed by atoms with E-state index in [0.717, 1.165) is 12.8 Å². The molecule has 2 unspecified atom stereocenters. The molecule has 156 valence electrons. The lowest BCUT2D eigenvalue weighted by atomic mass is 9.99. The summed E-state index contributed by atoms with van der Waals surface area (Å²) in [5.74, 6) is 0.263. The van der Waals surface area contributed by atoms with E-state index in [0.29, 0.717) is 34.8 Å². The van der Waals surface area contributed by atoms with Gasteiger partial charge in [0, 0.05) is 12.2 Å². The van der Waals surface area contributed by atoms with Crippen molar-refractivity contribution < 1.29 is 9.53 Å². The summed E-state index contributed by atoms with van der Waals surface area (Å²) in [7, 11) is 0. The number of para-hydroxylation sites is 1. The van der Waals surface area contributed by atoms with E-state index in [2.05, 4.69) is 27.8 Å². The number of aromatic nitrogens is 4. The highest BCUT2D eigenvalue weighted by Crippen LogP contribution is 2.27. The van der Waals surface area contributed by atoms with Crippen molar-refractivity contribution in [1.29, 1.82) is 5.26 Å². The summed E-state index contributed by atoms with van der Waals surface area (Å²) in [5.41, 5.74) is 2.18. The van der Waals surface area contributed by atoms with Gasteiger partial charge in [-0.2, -0.15) is 20.3 Å². The first-order valence-electron chi connectivity index (χ1n) is 10.1. The van der Waals surface area contributed by atoms with Crippen LogP contribution < -0.4 is 4.74 Å². The second-order valence-corrected chi connectivity index (χ2v) is 7.35. The van der Waals surface area contributed by atoms with Gasteiger partial charge >= 0.3 is 0 Å². The first-order chi connectivity index (χ1) is 15.1. The van der Waals surface area contributed by atoms with Gasteiger partial charge in [0.2, 0.25) is 5.88 Å². The number of hydrogen-bond acceptors (Lipinski definition) is 6. The van der Waals surface area contributed by atoms with E-state index in [1.54, 1.807) is 36.8 Å². The van der Waals surface area contributed by atoms with Crippen LogP contribution in [0.2, 0.25) is 0 Å². The van der Waals surface area contributed by atoms with E-state index in [1.807, 2.05) is 30.0 Å². The molecular formula is C23H22N6O2. The van der Waals surface area contributed by atoms with Crippen LogP contribution in [0.3, 0.4) is 0 Å². The Morgan fingerprint density at radius 1 is 1.23 bits per heavy atom. The number of likely N-dealkylation sites (tertiary alicyclic amines) is 1. The molecule has 1 aromatic carbocycles. The first kappa shape index (κ1) is 20.3. The average Bonchev–Trinajstić information content (AvgIpc) is 3.34. The number of ether oxygens (including phenoxy) is 1. The summed E-state index contributed by atoms with van der Waals surface area (Å²) in [6, 6.07) is 11.1. The van der Waals surface area contributed by atoms with Crippen molar-refractivity contribution in [3.63, 3.8) is 0 Å². The minimum atomic E-state index is -0.240. The molecule has 8 heteroatoms. The molecule has 0 radical (unpaired) electrons. The minimum absolute atomic E-state index is 0.0586. The fourth-order valence-corrected chi connectivity index (χ4v) is 3.78. The van der Waals surface area contributed by atoms with Crippen LogP contribution in [0.25, 0.3) is 11.8 Å². The topological polar surface area (TPSA) is 96.9 Å². The van der Waals surface area contributed by atoms with Crippen molar-refractivity contribution in [2.45, 2.75) is 31.9 Å². The number of rotatable bonds is 5. The zero-order valence-electron chi connectivity index (χ0n) is 17.2. The summed E-state index contributed by atoms with van der Waals surface area (Å²) in [4.78, 5) is 21.0. The van der Waals surface area contributed by atoms with Crippen LogP contribution in [0.1, 0.15) is 41.3 Å². The molecule has 3 aromatic rings. The van der Waals surface area contributed by atoms with Crippen LogP contribution >= 0.6 is 0 Å². The van der Waals surface area contributed by atoms with Gasteiger partial charge in [-0.1, -0.05) is 24.8 Å². The third kappa shape index (κ3) is 4.03. The van der Waals surface area contributed by atoms with Gasteiger partial charge in [-0.3, -0.25) is 4.79 Å². The van der Waals surface area contributed by atoms with Gasteiger partial charge in [0.1, 0.15) is 12.2 Å². The van der Waals surface area contributed by atoms with Crippen LogP contribution in [0, 0.1) is 11.3 Å². The molecule has 1 saturated heterocycles. The Hall–Kier alpha value is -3.99. The number of hydrogen-bond donors (Lipinski definition) is 0. The molecule has 0 bridgehead atoms. The van der Waals surface area contributed by atoms with Gasteiger partial charge in [0.25, 0.3) is 5.91 Å². The second kappa shape index (κ2) is 8.79.